The van der Waals surface area contributed by atoms with Gasteiger partial charge in [0.2, 0.25) is 5.91 Å². The van der Waals surface area contributed by atoms with E-state index in [2.05, 4.69) is 20.5 Å². The highest BCUT2D eigenvalue weighted by atomic mass is 16.1. The van der Waals surface area contributed by atoms with Crippen LogP contribution in [0.1, 0.15) is 32.4 Å². The number of nitrogens with one attached hydrogen (secondary N) is 2. The summed E-state index contributed by atoms with van der Waals surface area (Å²) in [4.78, 5) is 26.4. The third-order valence-electron chi connectivity index (χ3n) is 3.42. The quantitative estimate of drug-likeness (QED) is 0.849. The Morgan fingerprint density at radius 3 is 2.64 bits per heavy atom. The molecule has 0 aliphatic carbocycles. The van der Waals surface area contributed by atoms with E-state index < -0.39 is 0 Å². The van der Waals surface area contributed by atoms with Gasteiger partial charge in [-0.3, -0.25) is 9.59 Å². The van der Waals surface area contributed by atoms with Gasteiger partial charge in [-0.2, -0.15) is 0 Å². The van der Waals surface area contributed by atoms with Gasteiger partial charge in [-0.25, -0.2) is 0 Å². The predicted octanol–water partition coefficient (Wildman–Crippen LogP) is 1.68. The molecule has 1 atom stereocenters. The molecule has 0 saturated carbocycles. The van der Waals surface area contributed by atoms with Crippen molar-refractivity contribution in [1.29, 1.82) is 0 Å². The van der Waals surface area contributed by atoms with Crippen molar-refractivity contribution in [2.24, 2.45) is 0 Å². The van der Waals surface area contributed by atoms with E-state index in [0.29, 0.717) is 5.82 Å². The largest absolute Gasteiger partial charge is 0.354 e. The number of benzene rings is 1. The molecular weight excluding hydrogens is 280 g/mol. The highest BCUT2D eigenvalue weighted by Crippen LogP contribution is 2.10. The number of H-pyrrole nitrogens is 1. The lowest BCUT2D eigenvalue weighted by Crippen LogP contribution is -2.32. The van der Waals surface area contributed by atoms with Crippen molar-refractivity contribution >= 4 is 5.91 Å². The van der Waals surface area contributed by atoms with Crippen molar-refractivity contribution in [3.05, 3.63) is 46.4 Å². The molecule has 0 bridgehead atoms. The number of aromatic amines is 1. The topological polar surface area (TPSA) is 87.7 Å². The fourth-order valence-electron chi connectivity index (χ4n) is 1.93. The van der Waals surface area contributed by atoms with Gasteiger partial charge >= 0.3 is 0 Å². The summed E-state index contributed by atoms with van der Waals surface area (Å²) in [6, 6.07) is 9.44. The Morgan fingerprint density at radius 1 is 1.27 bits per heavy atom. The number of carbonyl (C=O) groups is 1. The van der Waals surface area contributed by atoms with E-state index in [1.807, 2.05) is 44.2 Å². The number of amides is 1. The second-order valence-corrected chi connectivity index (χ2v) is 5.19. The molecule has 0 spiro atoms. The Labute approximate surface area is 129 Å². The molecule has 6 nitrogen and oxygen atoms in total. The van der Waals surface area contributed by atoms with Crippen LogP contribution in [0.3, 0.4) is 0 Å². The third-order valence-corrected chi connectivity index (χ3v) is 3.42. The van der Waals surface area contributed by atoms with Crippen LogP contribution in [0.4, 0.5) is 0 Å². The SMILES string of the molecule is CC[C@H](C)NC(=O)CCc1nnc(-c2ccccc2)[nH]c1=O. The highest BCUT2D eigenvalue weighted by molar-refractivity contribution is 5.76. The molecule has 1 heterocycles. The van der Waals surface area contributed by atoms with Crippen LogP contribution in [-0.4, -0.2) is 27.1 Å². The summed E-state index contributed by atoms with van der Waals surface area (Å²) in [5.41, 5.74) is 0.775. The van der Waals surface area contributed by atoms with Gasteiger partial charge in [-0.05, 0) is 13.3 Å². The van der Waals surface area contributed by atoms with E-state index in [-0.39, 0.29) is 36.0 Å². The molecule has 1 aromatic carbocycles. The van der Waals surface area contributed by atoms with Gasteiger partial charge in [0.05, 0.1) is 0 Å². The van der Waals surface area contributed by atoms with Gasteiger partial charge in [0.1, 0.15) is 5.69 Å². The molecule has 1 amide bonds. The molecule has 0 unspecified atom stereocenters. The van der Waals surface area contributed by atoms with Crippen LogP contribution in [-0.2, 0) is 11.2 Å². The average Bonchev–Trinajstić information content (AvgIpc) is 2.54. The van der Waals surface area contributed by atoms with E-state index in [4.69, 9.17) is 0 Å². The monoisotopic (exact) mass is 300 g/mol. The molecule has 2 aromatic rings. The maximum absolute atomic E-state index is 12.0. The molecule has 0 fully saturated rings. The van der Waals surface area contributed by atoms with Gasteiger partial charge in [0.25, 0.3) is 5.56 Å². The number of nitrogens with zero attached hydrogens (tertiary/aromatic N) is 2. The first kappa shape index (κ1) is 15.9. The fraction of sp³-hybridized carbons (Fsp3) is 0.375. The van der Waals surface area contributed by atoms with Crippen LogP contribution in [0.5, 0.6) is 0 Å². The third kappa shape index (κ3) is 4.25. The smallest absolute Gasteiger partial charge is 0.273 e. The van der Waals surface area contributed by atoms with Crippen molar-refractivity contribution in [3.8, 4) is 11.4 Å². The van der Waals surface area contributed by atoms with Gasteiger partial charge < -0.3 is 10.3 Å². The van der Waals surface area contributed by atoms with E-state index in [9.17, 15) is 9.59 Å². The van der Waals surface area contributed by atoms with Crippen molar-refractivity contribution in [2.45, 2.75) is 39.2 Å². The molecule has 0 aliphatic heterocycles. The summed E-state index contributed by atoms with van der Waals surface area (Å²) in [6.07, 6.45) is 1.38. The van der Waals surface area contributed by atoms with Crippen LogP contribution < -0.4 is 10.9 Å². The van der Waals surface area contributed by atoms with E-state index in [0.717, 1.165) is 12.0 Å². The zero-order valence-electron chi connectivity index (χ0n) is 12.8. The summed E-state index contributed by atoms with van der Waals surface area (Å²) in [6.45, 7) is 3.95. The van der Waals surface area contributed by atoms with Crippen molar-refractivity contribution in [1.82, 2.24) is 20.5 Å². The van der Waals surface area contributed by atoms with Gasteiger partial charge in [0, 0.05) is 24.4 Å². The van der Waals surface area contributed by atoms with Crippen LogP contribution in [0.2, 0.25) is 0 Å². The maximum atomic E-state index is 12.0. The number of carbonyl (C=O) groups excluding carboxylic acids is 1. The lowest BCUT2D eigenvalue weighted by Gasteiger charge is -2.10. The number of rotatable bonds is 6. The summed E-state index contributed by atoms with van der Waals surface area (Å²) in [5, 5.41) is 10.8. The van der Waals surface area contributed by atoms with Crippen molar-refractivity contribution in [3.63, 3.8) is 0 Å². The lowest BCUT2D eigenvalue weighted by atomic mass is 10.2. The molecule has 6 heteroatoms. The Bertz CT molecular complexity index is 682. The Kier molecular flexibility index (Phi) is 5.41. The summed E-state index contributed by atoms with van der Waals surface area (Å²) < 4.78 is 0. The molecule has 0 radical (unpaired) electrons. The van der Waals surface area contributed by atoms with Crippen LogP contribution in [0.15, 0.2) is 35.1 Å². The van der Waals surface area contributed by atoms with E-state index >= 15 is 0 Å². The first-order valence-electron chi connectivity index (χ1n) is 7.40. The fourth-order valence-corrected chi connectivity index (χ4v) is 1.93. The van der Waals surface area contributed by atoms with E-state index in [1.165, 1.54) is 0 Å². The standard InChI is InChI=1S/C16H20N4O2/c1-3-11(2)17-14(21)10-9-13-16(22)18-15(20-19-13)12-7-5-4-6-8-12/h4-8,11H,3,9-10H2,1-2H3,(H,17,21)(H,18,20,22)/t11-/m0/s1. The molecule has 22 heavy (non-hydrogen) atoms. The predicted molar refractivity (Wildman–Crippen MR) is 84.3 cm³/mol. The molecule has 116 valence electrons. The van der Waals surface area contributed by atoms with Gasteiger partial charge in [-0.1, -0.05) is 37.3 Å². The zero-order valence-corrected chi connectivity index (χ0v) is 12.8. The van der Waals surface area contributed by atoms with Crippen LogP contribution in [0.25, 0.3) is 11.4 Å². The van der Waals surface area contributed by atoms with Crippen LogP contribution in [0, 0.1) is 0 Å². The number of aromatic nitrogens is 3. The normalized spacial score (nSPS) is 11.9. The molecular formula is C16H20N4O2. The molecule has 0 saturated heterocycles. The zero-order chi connectivity index (χ0) is 15.9. The van der Waals surface area contributed by atoms with Gasteiger partial charge in [0.15, 0.2) is 5.82 Å². The minimum atomic E-state index is -0.301. The Morgan fingerprint density at radius 2 is 2.00 bits per heavy atom. The first-order valence-corrected chi connectivity index (χ1v) is 7.40. The van der Waals surface area contributed by atoms with Crippen molar-refractivity contribution < 1.29 is 4.79 Å². The Hall–Kier alpha value is -2.50. The lowest BCUT2D eigenvalue weighted by molar-refractivity contribution is -0.121. The first-order chi connectivity index (χ1) is 10.6. The summed E-state index contributed by atoms with van der Waals surface area (Å²) in [7, 11) is 0. The second kappa shape index (κ2) is 7.49. The highest BCUT2D eigenvalue weighted by Gasteiger charge is 2.10. The van der Waals surface area contributed by atoms with Crippen molar-refractivity contribution in [2.75, 3.05) is 0 Å². The molecule has 2 N–H and O–H groups in total. The summed E-state index contributed by atoms with van der Waals surface area (Å²) in [5.74, 6) is 0.348. The van der Waals surface area contributed by atoms with E-state index in [1.54, 1.807) is 0 Å². The summed E-state index contributed by atoms with van der Waals surface area (Å²) >= 11 is 0. The minimum Gasteiger partial charge on any atom is -0.354 e. The Balaban J connectivity index is 2.02. The molecule has 1 aromatic heterocycles. The maximum Gasteiger partial charge on any atom is 0.273 e. The minimum absolute atomic E-state index is 0.0808. The average molecular weight is 300 g/mol. The van der Waals surface area contributed by atoms with Gasteiger partial charge in [-0.15, -0.1) is 10.2 Å². The number of aryl methyl sites for hydroxylation is 1. The number of hydrogen-bond acceptors (Lipinski definition) is 4. The van der Waals surface area contributed by atoms with Crippen LogP contribution >= 0.6 is 0 Å². The molecule has 2 rings (SSSR count). The second-order valence-electron chi connectivity index (χ2n) is 5.19. The molecule has 0 aliphatic rings. The number of hydrogen-bond donors (Lipinski definition) is 2.